The molecule has 1 unspecified atom stereocenters. The number of piperidine rings is 1. The zero-order valence-electron chi connectivity index (χ0n) is 19.8. The molecular weight excluding hydrogens is 464 g/mol. The van der Waals surface area contributed by atoms with Crippen molar-refractivity contribution < 1.29 is 9.21 Å². The largest absolute Gasteiger partial charge is 0.423 e. The molecule has 1 aromatic carbocycles. The lowest BCUT2D eigenvalue weighted by molar-refractivity contribution is -0.114. The van der Waals surface area contributed by atoms with Crippen LogP contribution in [0.3, 0.4) is 0 Å². The third kappa shape index (κ3) is 4.12. The Labute approximate surface area is 208 Å². The van der Waals surface area contributed by atoms with Crippen LogP contribution in [0.25, 0.3) is 11.1 Å². The number of nitrogens with zero attached hydrogens (tertiary/aromatic N) is 6. The highest BCUT2D eigenvalue weighted by Crippen LogP contribution is 2.49. The smallest absolute Gasteiger partial charge is 0.298 e. The number of hydrogen-bond acceptors (Lipinski definition) is 9. The molecule has 0 spiro atoms. The second-order valence-electron chi connectivity index (χ2n) is 9.40. The lowest BCUT2D eigenvalue weighted by Gasteiger charge is -2.35. The Balaban J connectivity index is 1.47. The summed E-state index contributed by atoms with van der Waals surface area (Å²) in [5.74, 6) is -0.455. The van der Waals surface area contributed by atoms with E-state index in [4.69, 9.17) is 15.1 Å². The molecule has 11 heteroatoms. The summed E-state index contributed by atoms with van der Waals surface area (Å²) >= 11 is 1.55. The molecule has 3 aliphatic heterocycles. The molecule has 10 nitrogen and oxygen atoms in total. The van der Waals surface area contributed by atoms with Gasteiger partial charge in [-0.15, -0.1) is 11.8 Å². The number of H-pyrrole nitrogens is 1. The summed E-state index contributed by atoms with van der Waals surface area (Å²) in [5, 5.41) is 8.72. The van der Waals surface area contributed by atoms with Crippen molar-refractivity contribution in [3.8, 4) is 0 Å². The van der Waals surface area contributed by atoms with Gasteiger partial charge in [0.25, 0.3) is 11.9 Å². The number of oxazole rings is 1. The Morgan fingerprint density at radius 1 is 1.09 bits per heavy atom. The van der Waals surface area contributed by atoms with Gasteiger partial charge in [0, 0.05) is 62.5 Å². The minimum absolute atomic E-state index is 0.155. The van der Waals surface area contributed by atoms with Crippen LogP contribution in [0.1, 0.15) is 30.2 Å². The van der Waals surface area contributed by atoms with Gasteiger partial charge < -0.3 is 29.8 Å². The molecule has 1 atom stereocenters. The molecule has 35 heavy (non-hydrogen) atoms. The van der Waals surface area contributed by atoms with E-state index in [0.717, 1.165) is 74.6 Å². The number of carbonyl (C=O) groups is 1. The highest BCUT2D eigenvalue weighted by atomic mass is 32.2. The van der Waals surface area contributed by atoms with Crippen molar-refractivity contribution in [2.75, 3.05) is 61.0 Å². The molecule has 0 saturated carbocycles. The zero-order chi connectivity index (χ0) is 23.9. The normalized spacial score (nSPS) is 21.7. The molecule has 2 saturated heterocycles. The van der Waals surface area contributed by atoms with E-state index in [-0.39, 0.29) is 5.37 Å². The fraction of sp³-hybridized carbons (Fsp3) is 0.458. The SMILES string of the molecule is CN1CCN(c2nc3cc(N4CCCCC4)c(N4C(C(N)=O)=CSC4c4cn[nH]c4)cc3o2)CC1. The number of amides is 1. The van der Waals surface area contributed by atoms with Gasteiger partial charge in [0.05, 0.1) is 17.6 Å². The Bertz CT molecular complexity index is 1240. The lowest BCUT2D eigenvalue weighted by atomic mass is 10.1. The highest BCUT2D eigenvalue weighted by Gasteiger charge is 2.36. The molecule has 0 bridgehead atoms. The van der Waals surface area contributed by atoms with Crippen LogP contribution in [-0.2, 0) is 4.79 Å². The highest BCUT2D eigenvalue weighted by molar-refractivity contribution is 8.02. The van der Waals surface area contributed by atoms with Gasteiger partial charge >= 0.3 is 0 Å². The van der Waals surface area contributed by atoms with Crippen molar-refractivity contribution in [1.82, 2.24) is 20.1 Å². The van der Waals surface area contributed by atoms with Gasteiger partial charge in [-0.25, -0.2) is 0 Å². The Kier molecular flexibility index (Phi) is 5.81. The first kappa shape index (κ1) is 22.3. The third-order valence-electron chi connectivity index (χ3n) is 7.06. The topological polar surface area (TPSA) is 111 Å². The molecule has 3 aromatic rings. The first-order valence-corrected chi connectivity index (χ1v) is 13.1. The number of nitrogens with one attached hydrogen (secondary N) is 1. The number of likely N-dealkylation sites (N-methyl/N-ethyl adjacent to an activating group) is 1. The Morgan fingerprint density at radius 3 is 2.60 bits per heavy atom. The number of nitrogens with two attached hydrogens (primary N) is 1. The number of rotatable bonds is 5. The third-order valence-corrected chi connectivity index (χ3v) is 8.16. The van der Waals surface area contributed by atoms with Gasteiger partial charge in [0.15, 0.2) is 5.58 Å². The van der Waals surface area contributed by atoms with Gasteiger partial charge in [-0.1, -0.05) is 0 Å². The maximum absolute atomic E-state index is 12.5. The number of primary amides is 1. The van der Waals surface area contributed by atoms with E-state index in [1.807, 2.05) is 22.6 Å². The second kappa shape index (κ2) is 9.12. The maximum atomic E-state index is 12.5. The first-order valence-electron chi connectivity index (χ1n) is 12.1. The summed E-state index contributed by atoms with van der Waals surface area (Å²) in [6, 6.07) is 4.80. The lowest BCUT2D eigenvalue weighted by Crippen LogP contribution is -2.44. The van der Waals surface area contributed by atoms with Gasteiger partial charge in [-0.2, -0.15) is 10.1 Å². The monoisotopic (exact) mass is 494 g/mol. The summed E-state index contributed by atoms with van der Waals surface area (Å²) in [6.45, 7) is 5.66. The molecular formula is C24H30N8O2S. The van der Waals surface area contributed by atoms with Crippen molar-refractivity contribution in [3.05, 3.63) is 41.2 Å². The summed E-state index contributed by atoms with van der Waals surface area (Å²) in [7, 11) is 2.13. The quantitative estimate of drug-likeness (QED) is 0.553. The predicted molar refractivity (Wildman–Crippen MR) is 138 cm³/mol. The van der Waals surface area contributed by atoms with Gasteiger partial charge in [-0.05, 0) is 32.4 Å². The minimum atomic E-state index is -0.455. The summed E-state index contributed by atoms with van der Waals surface area (Å²) in [5.41, 5.74) is 10.8. The molecule has 3 aliphatic rings. The van der Waals surface area contributed by atoms with Crippen molar-refractivity contribution in [2.24, 2.45) is 5.73 Å². The molecule has 0 aliphatic carbocycles. The van der Waals surface area contributed by atoms with Crippen molar-refractivity contribution in [1.29, 1.82) is 0 Å². The standard InChI is InChI=1S/C24H30N8O2S/c1-29-7-9-31(10-8-29)24-28-17-11-18(30-5-3-2-4-6-30)19(12-21(17)34-24)32-20(22(25)33)15-35-23(32)16-13-26-27-14-16/h11-15,23H,2-10H2,1H3,(H2,25,33)(H,26,27). The number of piperazine rings is 1. The maximum Gasteiger partial charge on any atom is 0.298 e. The number of hydrogen-bond donors (Lipinski definition) is 2. The molecule has 1 amide bonds. The zero-order valence-corrected chi connectivity index (χ0v) is 20.6. The van der Waals surface area contributed by atoms with Crippen molar-refractivity contribution in [3.63, 3.8) is 0 Å². The predicted octanol–water partition coefficient (Wildman–Crippen LogP) is 2.87. The van der Waals surface area contributed by atoms with Crippen LogP contribution in [-0.4, -0.2) is 72.3 Å². The van der Waals surface area contributed by atoms with Crippen LogP contribution < -0.4 is 20.4 Å². The molecule has 2 fully saturated rings. The van der Waals surface area contributed by atoms with Crippen LogP contribution in [0.15, 0.2) is 40.0 Å². The fourth-order valence-corrected chi connectivity index (χ4v) is 6.21. The summed E-state index contributed by atoms with van der Waals surface area (Å²) in [4.78, 5) is 26.3. The van der Waals surface area contributed by atoms with Gasteiger partial charge in [0.1, 0.15) is 16.6 Å². The molecule has 2 aromatic heterocycles. The van der Waals surface area contributed by atoms with E-state index in [2.05, 4.69) is 38.0 Å². The molecule has 5 heterocycles. The Hall–Kier alpha value is -3.18. The molecule has 0 radical (unpaired) electrons. The van der Waals surface area contributed by atoms with Gasteiger partial charge in [-0.3, -0.25) is 9.89 Å². The van der Waals surface area contributed by atoms with Crippen LogP contribution in [0.5, 0.6) is 0 Å². The molecule has 184 valence electrons. The molecule has 6 rings (SSSR count). The number of fused-ring (bicyclic) bond motifs is 1. The van der Waals surface area contributed by atoms with Gasteiger partial charge in [0.2, 0.25) is 0 Å². The Morgan fingerprint density at radius 2 is 1.89 bits per heavy atom. The van der Waals surface area contributed by atoms with E-state index >= 15 is 0 Å². The number of aromatic nitrogens is 3. The van der Waals surface area contributed by atoms with E-state index in [0.29, 0.717) is 17.3 Å². The average molecular weight is 495 g/mol. The fourth-order valence-electron chi connectivity index (χ4n) is 5.08. The van der Waals surface area contributed by atoms with Crippen molar-refractivity contribution in [2.45, 2.75) is 24.6 Å². The number of aromatic amines is 1. The van der Waals surface area contributed by atoms with E-state index in [1.165, 1.54) is 6.42 Å². The van der Waals surface area contributed by atoms with E-state index in [1.54, 1.807) is 18.0 Å². The minimum Gasteiger partial charge on any atom is -0.423 e. The second-order valence-corrected chi connectivity index (χ2v) is 10.4. The van der Waals surface area contributed by atoms with Crippen LogP contribution in [0, 0.1) is 0 Å². The van der Waals surface area contributed by atoms with Crippen molar-refractivity contribution >= 4 is 46.2 Å². The van der Waals surface area contributed by atoms with Crippen LogP contribution in [0.2, 0.25) is 0 Å². The number of carbonyl (C=O) groups excluding carboxylic acids is 1. The number of benzene rings is 1. The average Bonchev–Trinajstić information content (AvgIpc) is 3.63. The number of anilines is 3. The summed E-state index contributed by atoms with van der Waals surface area (Å²) < 4.78 is 6.30. The first-order chi connectivity index (χ1) is 17.1. The number of thioether (sulfide) groups is 1. The van der Waals surface area contributed by atoms with Crippen LogP contribution >= 0.6 is 11.8 Å². The summed E-state index contributed by atoms with van der Waals surface area (Å²) in [6.07, 6.45) is 7.17. The van der Waals surface area contributed by atoms with E-state index < -0.39 is 5.91 Å². The van der Waals surface area contributed by atoms with Crippen LogP contribution in [0.4, 0.5) is 17.4 Å². The van der Waals surface area contributed by atoms with E-state index in [9.17, 15) is 4.79 Å². The molecule has 3 N–H and O–H groups in total.